The van der Waals surface area contributed by atoms with Crippen molar-refractivity contribution in [3.8, 4) is 5.75 Å². The lowest BCUT2D eigenvalue weighted by Gasteiger charge is -2.30. The van der Waals surface area contributed by atoms with Crippen LogP contribution < -0.4 is 4.74 Å². The van der Waals surface area contributed by atoms with Gasteiger partial charge in [0.1, 0.15) is 0 Å². The number of halogens is 2. The summed E-state index contributed by atoms with van der Waals surface area (Å²) in [6.07, 6.45) is 3.85. The van der Waals surface area contributed by atoms with Gasteiger partial charge in [0.05, 0.1) is 20.3 Å². The molecule has 5 heteroatoms. The Bertz CT molecular complexity index is 738. The summed E-state index contributed by atoms with van der Waals surface area (Å²) in [6.45, 7) is 2.99. The number of unbranched alkanes of at least 4 members (excludes halogenated alkanes) is 2. The highest BCUT2D eigenvalue weighted by Gasteiger charge is 2.28. The van der Waals surface area contributed by atoms with Crippen molar-refractivity contribution >= 4 is 0 Å². The lowest BCUT2D eigenvalue weighted by molar-refractivity contribution is -0.193. The predicted molar refractivity (Wildman–Crippen MR) is 100.0 cm³/mol. The summed E-state index contributed by atoms with van der Waals surface area (Å²) in [5.41, 5.74) is 2.52. The molecule has 0 atom stereocenters. The molecule has 1 heterocycles. The number of benzene rings is 2. The van der Waals surface area contributed by atoms with Crippen LogP contribution in [0.15, 0.2) is 36.4 Å². The molecule has 3 nitrogen and oxygen atoms in total. The third-order valence-electron chi connectivity index (χ3n) is 4.97. The molecule has 0 unspecified atom stereocenters. The van der Waals surface area contributed by atoms with E-state index < -0.39 is 17.9 Å². The fraction of sp³-hybridized carbons (Fsp3) is 0.455. The highest BCUT2D eigenvalue weighted by atomic mass is 19.2. The summed E-state index contributed by atoms with van der Waals surface area (Å²) in [5, 5.41) is 0. The quantitative estimate of drug-likeness (QED) is 0.594. The minimum atomic E-state index is -1.03. The van der Waals surface area contributed by atoms with E-state index in [-0.39, 0.29) is 17.2 Å². The molecule has 0 spiro atoms. The largest absolute Gasteiger partial charge is 0.494 e. The van der Waals surface area contributed by atoms with E-state index in [4.69, 9.17) is 14.2 Å². The average Bonchev–Trinajstić information content (AvgIpc) is 2.71. The molecule has 0 radical (unpaired) electrons. The third-order valence-corrected chi connectivity index (χ3v) is 4.97. The lowest BCUT2D eigenvalue weighted by Crippen LogP contribution is -2.26. The van der Waals surface area contributed by atoms with Gasteiger partial charge in [-0.3, -0.25) is 0 Å². The maximum absolute atomic E-state index is 14.2. The topological polar surface area (TPSA) is 27.7 Å². The van der Waals surface area contributed by atoms with Crippen LogP contribution in [0.2, 0.25) is 0 Å². The first-order valence-corrected chi connectivity index (χ1v) is 9.48. The van der Waals surface area contributed by atoms with Gasteiger partial charge in [0.25, 0.3) is 0 Å². The van der Waals surface area contributed by atoms with Gasteiger partial charge in [-0.25, -0.2) is 4.39 Å². The van der Waals surface area contributed by atoms with E-state index in [1.165, 1.54) is 44.1 Å². The Labute approximate surface area is 159 Å². The number of methoxy groups -OCH3 is 1. The van der Waals surface area contributed by atoms with E-state index >= 15 is 0 Å². The second kappa shape index (κ2) is 9.29. The average molecular weight is 376 g/mol. The smallest absolute Gasteiger partial charge is 0.201 e. The number of hydrogen-bond acceptors (Lipinski definition) is 3. The Morgan fingerprint density at radius 2 is 1.67 bits per heavy atom. The molecule has 0 saturated carbocycles. The van der Waals surface area contributed by atoms with Crippen LogP contribution in [0.3, 0.4) is 0 Å². The Balaban J connectivity index is 1.60. The second-order valence-electron chi connectivity index (χ2n) is 6.88. The minimum Gasteiger partial charge on any atom is -0.494 e. The summed E-state index contributed by atoms with van der Waals surface area (Å²) >= 11 is 0. The van der Waals surface area contributed by atoms with Crippen molar-refractivity contribution in [2.75, 3.05) is 20.3 Å². The van der Waals surface area contributed by atoms with E-state index in [9.17, 15) is 8.78 Å². The lowest BCUT2D eigenvalue weighted by atomic mass is 9.97. The van der Waals surface area contributed by atoms with E-state index in [0.29, 0.717) is 13.2 Å². The van der Waals surface area contributed by atoms with Crippen LogP contribution in [-0.2, 0) is 15.9 Å². The van der Waals surface area contributed by atoms with E-state index in [2.05, 4.69) is 31.2 Å². The second-order valence-corrected chi connectivity index (χ2v) is 6.88. The van der Waals surface area contributed by atoms with Gasteiger partial charge in [-0.1, -0.05) is 44.0 Å². The van der Waals surface area contributed by atoms with Crippen molar-refractivity contribution in [2.24, 2.45) is 0 Å². The number of aryl methyl sites for hydroxylation is 1. The molecule has 1 aliphatic heterocycles. The van der Waals surface area contributed by atoms with Crippen LogP contribution in [0, 0.1) is 11.6 Å². The highest BCUT2D eigenvalue weighted by molar-refractivity contribution is 5.32. The van der Waals surface area contributed by atoms with Gasteiger partial charge in [0, 0.05) is 11.5 Å². The van der Waals surface area contributed by atoms with Crippen molar-refractivity contribution in [1.29, 1.82) is 0 Å². The SMILES string of the molecule is CCCCCc1ccc(C2COC(c3ccc(OC)c(F)c3F)OC2)cc1. The van der Waals surface area contributed by atoms with Crippen LogP contribution in [-0.4, -0.2) is 20.3 Å². The summed E-state index contributed by atoms with van der Waals surface area (Å²) in [5.74, 6) is -2.07. The first-order chi connectivity index (χ1) is 13.1. The Morgan fingerprint density at radius 3 is 2.30 bits per heavy atom. The van der Waals surface area contributed by atoms with Crippen LogP contribution >= 0.6 is 0 Å². The van der Waals surface area contributed by atoms with Crippen molar-refractivity contribution in [3.05, 3.63) is 64.7 Å². The summed E-state index contributed by atoms with van der Waals surface area (Å²) in [4.78, 5) is 0. The van der Waals surface area contributed by atoms with Gasteiger partial charge in [-0.2, -0.15) is 4.39 Å². The zero-order valence-electron chi connectivity index (χ0n) is 15.8. The first kappa shape index (κ1) is 19.8. The third kappa shape index (κ3) is 4.66. The molecular weight excluding hydrogens is 350 g/mol. The van der Waals surface area contributed by atoms with Gasteiger partial charge in [0.15, 0.2) is 17.9 Å². The molecule has 146 valence electrons. The fourth-order valence-electron chi connectivity index (χ4n) is 3.30. The molecule has 0 aliphatic carbocycles. The van der Waals surface area contributed by atoms with Gasteiger partial charge in [-0.05, 0) is 36.1 Å². The van der Waals surface area contributed by atoms with Crippen molar-refractivity contribution in [3.63, 3.8) is 0 Å². The fourth-order valence-corrected chi connectivity index (χ4v) is 3.30. The molecule has 0 aromatic heterocycles. The van der Waals surface area contributed by atoms with Gasteiger partial charge in [-0.15, -0.1) is 0 Å². The molecule has 0 amide bonds. The first-order valence-electron chi connectivity index (χ1n) is 9.48. The Morgan fingerprint density at radius 1 is 0.963 bits per heavy atom. The van der Waals surface area contributed by atoms with Crippen molar-refractivity contribution in [2.45, 2.75) is 44.8 Å². The molecule has 1 saturated heterocycles. The maximum atomic E-state index is 14.2. The maximum Gasteiger partial charge on any atom is 0.201 e. The summed E-state index contributed by atoms with van der Waals surface area (Å²) < 4.78 is 44.3. The molecule has 1 fully saturated rings. The highest BCUT2D eigenvalue weighted by Crippen LogP contribution is 2.33. The van der Waals surface area contributed by atoms with Crippen LogP contribution in [0.4, 0.5) is 8.78 Å². The predicted octanol–water partition coefficient (Wildman–Crippen LogP) is 5.54. The van der Waals surface area contributed by atoms with Gasteiger partial charge < -0.3 is 14.2 Å². The van der Waals surface area contributed by atoms with E-state index in [1.54, 1.807) is 0 Å². The minimum absolute atomic E-state index is 0.0537. The zero-order valence-corrected chi connectivity index (χ0v) is 15.8. The molecule has 2 aromatic rings. The number of rotatable bonds is 7. The molecule has 0 N–H and O–H groups in total. The monoisotopic (exact) mass is 376 g/mol. The van der Waals surface area contributed by atoms with E-state index in [0.717, 1.165) is 12.0 Å². The van der Waals surface area contributed by atoms with Gasteiger partial charge >= 0.3 is 0 Å². The molecule has 27 heavy (non-hydrogen) atoms. The standard InChI is InChI=1S/C22H26F2O3/c1-3-4-5-6-15-7-9-16(10-8-15)17-13-26-22(27-14-17)18-11-12-19(25-2)21(24)20(18)23/h7-12,17,22H,3-6,13-14H2,1-2H3. The molecule has 0 bridgehead atoms. The van der Waals surface area contributed by atoms with E-state index in [1.807, 2.05) is 0 Å². The summed E-state index contributed by atoms with van der Waals surface area (Å²) in [7, 11) is 1.30. The normalized spacial score (nSPS) is 19.9. The summed E-state index contributed by atoms with van der Waals surface area (Å²) in [6, 6.07) is 11.3. The molecular formula is C22H26F2O3. The van der Waals surface area contributed by atoms with Crippen LogP contribution in [0.5, 0.6) is 5.75 Å². The van der Waals surface area contributed by atoms with Crippen LogP contribution in [0.25, 0.3) is 0 Å². The van der Waals surface area contributed by atoms with Crippen LogP contribution in [0.1, 0.15) is 55.1 Å². The zero-order chi connectivity index (χ0) is 19.2. The Kier molecular flexibility index (Phi) is 6.80. The van der Waals surface area contributed by atoms with Crippen molar-refractivity contribution in [1.82, 2.24) is 0 Å². The molecule has 1 aliphatic rings. The number of hydrogen-bond donors (Lipinski definition) is 0. The molecule has 2 aromatic carbocycles. The number of ether oxygens (including phenoxy) is 3. The Hall–Kier alpha value is -1.98. The van der Waals surface area contributed by atoms with Gasteiger partial charge in [0.2, 0.25) is 5.82 Å². The molecule has 3 rings (SSSR count). The van der Waals surface area contributed by atoms with Crippen molar-refractivity contribution < 1.29 is 23.0 Å².